The number of piperazine rings is 1. The monoisotopic (exact) mass is 287 g/mol. The third kappa shape index (κ3) is 3.96. The molecule has 1 aromatic rings. The Balaban J connectivity index is 1.73. The predicted octanol–water partition coefficient (Wildman–Crippen LogP) is 0.628. The number of hydrogen-bond donors (Lipinski definition) is 0. The van der Waals surface area contributed by atoms with Crippen LogP contribution in [0.1, 0.15) is 12.0 Å². The van der Waals surface area contributed by atoms with E-state index < -0.39 is 0 Å². The Morgan fingerprint density at radius 2 is 1.90 bits per heavy atom. The number of likely N-dealkylation sites (N-methyl/N-ethyl adjacent to an activating group) is 1. The van der Waals surface area contributed by atoms with Gasteiger partial charge in [0, 0.05) is 13.6 Å². The number of hydrogen-bond acceptors (Lipinski definition) is 4. The molecule has 0 saturated carbocycles. The Labute approximate surface area is 123 Å². The van der Waals surface area contributed by atoms with Gasteiger partial charge in [0.1, 0.15) is 5.75 Å². The summed E-state index contributed by atoms with van der Waals surface area (Å²) in [5.74, 6) is 0.618. The molecule has 0 radical (unpaired) electrons. The third-order valence-corrected chi connectivity index (χ3v) is 3.30. The van der Waals surface area contributed by atoms with E-state index in [0.29, 0.717) is 30.9 Å². The maximum absolute atomic E-state index is 11.7. The van der Waals surface area contributed by atoms with Gasteiger partial charge in [0.2, 0.25) is 11.8 Å². The number of carbonyl (C=O) groups is 2. The lowest BCUT2D eigenvalue weighted by Gasteiger charge is -2.31. The highest BCUT2D eigenvalue weighted by Crippen LogP contribution is 2.12. The van der Waals surface area contributed by atoms with Gasteiger partial charge in [0.05, 0.1) is 31.3 Å². The summed E-state index contributed by atoms with van der Waals surface area (Å²) in [6, 6.07) is 8.90. The first-order valence-corrected chi connectivity index (χ1v) is 6.75. The molecule has 2 amide bonds. The van der Waals surface area contributed by atoms with Crippen molar-refractivity contribution in [3.8, 4) is 11.8 Å². The zero-order valence-corrected chi connectivity index (χ0v) is 11.9. The largest absolute Gasteiger partial charge is 0.494 e. The number of ether oxygens (including phenoxy) is 1. The van der Waals surface area contributed by atoms with Gasteiger partial charge < -0.3 is 14.5 Å². The van der Waals surface area contributed by atoms with Gasteiger partial charge in [-0.25, -0.2) is 0 Å². The molecule has 0 aromatic heterocycles. The van der Waals surface area contributed by atoms with Crippen LogP contribution in [0.15, 0.2) is 24.3 Å². The minimum atomic E-state index is -0.0392. The van der Waals surface area contributed by atoms with Gasteiger partial charge in [-0.1, -0.05) is 0 Å². The molecule has 1 aliphatic heterocycles. The highest BCUT2D eigenvalue weighted by atomic mass is 16.5. The van der Waals surface area contributed by atoms with E-state index >= 15 is 0 Å². The van der Waals surface area contributed by atoms with Crippen LogP contribution in [0.25, 0.3) is 0 Å². The summed E-state index contributed by atoms with van der Waals surface area (Å²) in [6.07, 6.45) is 0.655. The van der Waals surface area contributed by atoms with Gasteiger partial charge in [0.25, 0.3) is 0 Å². The fourth-order valence-electron chi connectivity index (χ4n) is 2.04. The van der Waals surface area contributed by atoms with Crippen molar-refractivity contribution >= 4 is 11.8 Å². The third-order valence-electron chi connectivity index (χ3n) is 3.30. The molecule has 1 saturated heterocycles. The number of nitriles is 1. The molecule has 0 unspecified atom stereocenters. The minimum absolute atomic E-state index is 0.0320. The molecule has 6 nitrogen and oxygen atoms in total. The van der Waals surface area contributed by atoms with Crippen molar-refractivity contribution in [1.29, 1.82) is 5.26 Å². The van der Waals surface area contributed by atoms with Crippen LogP contribution in [0.2, 0.25) is 0 Å². The lowest BCUT2D eigenvalue weighted by molar-refractivity contribution is -0.148. The summed E-state index contributed by atoms with van der Waals surface area (Å²) in [5, 5.41) is 8.69. The van der Waals surface area contributed by atoms with E-state index in [4.69, 9.17) is 10.00 Å². The zero-order valence-electron chi connectivity index (χ0n) is 11.9. The first-order chi connectivity index (χ1) is 10.1. The summed E-state index contributed by atoms with van der Waals surface area (Å²) in [7, 11) is 1.63. The molecule has 1 heterocycles. The molecule has 110 valence electrons. The van der Waals surface area contributed by atoms with Crippen LogP contribution in [-0.2, 0) is 9.59 Å². The van der Waals surface area contributed by atoms with Crippen molar-refractivity contribution in [1.82, 2.24) is 9.80 Å². The lowest BCUT2D eigenvalue weighted by Crippen LogP contribution is -2.52. The highest BCUT2D eigenvalue weighted by molar-refractivity contribution is 5.92. The molecular weight excluding hydrogens is 270 g/mol. The van der Waals surface area contributed by atoms with Crippen molar-refractivity contribution in [3.63, 3.8) is 0 Å². The Kier molecular flexibility index (Phi) is 4.77. The number of amides is 2. The van der Waals surface area contributed by atoms with Crippen LogP contribution >= 0.6 is 0 Å². The Bertz CT molecular complexity index is 563. The minimum Gasteiger partial charge on any atom is -0.494 e. The second kappa shape index (κ2) is 6.75. The highest BCUT2D eigenvalue weighted by Gasteiger charge is 2.26. The van der Waals surface area contributed by atoms with E-state index in [1.807, 2.05) is 6.07 Å². The fraction of sp³-hybridized carbons (Fsp3) is 0.400. The predicted molar refractivity (Wildman–Crippen MR) is 75.5 cm³/mol. The lowest BCUT2D eigenvalue weighted by atomic mass is 10.2. The molecule has 1 aliphatic rings. The van der Waals surface area contributed by atoms with E-state index in [2.05, 4.69) is 0 Å². The van der Waals surface area contributed by atoms with Crippen LogP contribution in [0.5, 0.6) is 5.75 Å². The second-order valence-electron chi connectivity index (χ2n) is 4.90. The molecule has 0 N–H and O–H groups in total. The molecule has 0 spiro atoms. The summed E-state index contributed by atoms with van der Waals surface area (Å²) >= 11 is 0. The number of nitrogens with zero attached hydrogens (tertiary/aromatic N) is 3. The van der Waals surface area contributed by atoms with Crippen molar-refractivity contribution in [2.75, 3.05) is 33.3 Å². The van der Waals surface area contributed by atoms with Gasteiger partial charge in [-0.15, -0.1) is 0 Å². The number of rotatable bonds is 5. The van der Waals surface area contributed by atoms with Crippen LogP contribution in [0.4, 0.5) is 0 Å². The van der Waals surface area contributed by atoms with Crippen LogP contribution in [-0.4, -0.2) is 54.9 Å². The Hall–Kier alpha value is -2.55. The Morgan fingerprint density at radius 3 is 2.57 bits per heavy atom. The van der Waals surface area contributed by atoms with Gasteiger partial charge in [0.15, 0.2) is 0 Å². The van der Waals surface area contributed by atoms with Gasteiger partial charge in [-0.3, -0.25) is 9.59 Å². The van der Waals surface area contributed by atoms with Crippen LogP contribution in [0.3, 0.4) is 0 Å². The van der Waals surface area contributed by atoms with E-state index in [1.54, 1.807) is 36.2 Å². The fourth-order valence-corrected chi connectivity index (χ4v) is 2.04. The zero-order chi connectivity index (χ0) is 15.2. The SMILES string of the molecule is CN1CC(=O)N(CCCOc2ccc(C#N)cc2)CC1=O. The van der Waals surface area contributed by atoms with E-state index in [0.717, 1.165) is 0 Å². The normalized spacial score (nSPS) is 15.0. The van der Waals surface area contributed by atoms with E-state index in [9.17, 15) is 9.59 Å². The average Bonchev–Trinajstić information content (AvgIpc) is 2.49. The molecule has 2 rings (SSSR count). The van der Waals surface area contributed by atoms with E-state index in [-0.39, 0.29) is 24.9 Å². The average molecular weight is 287 g/mol. The van der Waals surface area contributed by atoms with Crippen molar-refractivity contribution in [3.05, 3.63) is 29.8 Å². The first-order valence-electron chi connectivity index (χ1n) is 6.75. The van der Waals surface area contributed by atoms with Gasteiger partial charge >= 0.3 is 0 Å². The standard InChI is InChI=1S/C15H17N3O3/c1-17-10-15(20)18(11-14(17)19)7-2-8-21-13-5-3-12(9-16)4-6-13/h3-6H,2,7-8,10-11H2,1H3. The quantitative estimate of drug-likeness (QED) is 0.744. The first kappa shape index (κ1) is 14.9. The molecule has 21 heavy (non-hydrogen) atoms. The maximum Gasteiger partial charge on any atom is 0.242 e. The molecule has 0 aliphatic carbocycles. The second-order valence-corrected chi connectivity index (χ2v) is 4.90. The van der Waals surface area contributed by atoms with Crippen molar-refractivity contribution < 1.29 is 14.3 Å². The molecule has 0 atom stereocenters. The summed E-state index contributed by atoms with van der Waals surface area (Å²) in [5.41, 5.74) is 0.587. The topological polar surface area (TPSA) is 73.6 Å². The Morgan fingerprint density at radius 1 is 1.19 bits per heavy atom. The van der Waals surface area contributed by atoms with E-state index in [1.165, 1.54) is 4.90 Å². The number of benzene rings is 1. The molecule has 1 fully saturated rings. The smallest absolute Gasteiger partial charge is 0.242 e. The van der Waals surface area contributed by atoms with Crippen LogP contribution in [0, 0.1) is 11.3 Å². The molecular formula is C15H17N3O3. The maximum atomic E-state index is 11.7. The van der Waals surface area contributed by atoms with Gasteiger partial charge in [-0.05, 0) is 30.7 Å². The summed E-state index contributed by atoms with van der Waals surface area (Å²) in [4.78, 5) is 26.3. The molecule has 6 heteroatoms. The van der Waals surface area contributed by atoms with Crippen molar-refractivity contribution in [2.24, 2.45) is 0 Å². The van der Waals surface area contributed by atoms with Gasteiger partial charge in [-0.2, -0.15) is 5.26 Å². The van der Waals surface area contributed by atoms with Crippen LogP contribution < -0.4 is 4.74 Å². The summed E-state index contributed by atoms with van der Waals surface area (Å²) in [6.45, 7) is 1.26. The summed E-state index contributed by atoms with van der Waals surface area (Å²) < 4.78 is 5.54. The molecule has 0 bridgehead atoms. The number of carbonyl (C=O) groups excluding carboxylic acids is 2. The molecule has 1 aromatic carbocycles. The van der Waals surface area contributed by atoms with Crippen molar-refractivity contribution in [2.45, 2.75) is 6.42 Å².